The molecule has 0 atom stereocenters. The molecule has 1 aliphatic carbocycles. The van der Waals surface area contributed by atoms with Crippen molar-refractivity contribution in [3.05, 3.63) is 29.8 Å². The van der Waals surface area contributed by atoms with Gasteiger partial charge in [-0.15, -0.1) is 0 Å². The summed E-state index contributed by atoms with van der Waals surface area (Å²) in [4.78, 5) is 14.9. The molecule has 132 valence electrons. The summed E-state index contributed by atoms with van der Waals surface area (Å²) >= 11 is 0. The van der Waals surface area contributed by atoms with E-state index in [1.54, 1.807) is 24.3 Å². The summed E-state index contributed by atoms with van der Waals surface area (Å²) in [5, 5.41) is 0. The Morgan fingerprint density at radius 1 is 1.21 bits per heavy atom. The quantitative estimate of drug-likeness (QED) is 0.839. The average molecular weight is 350 g/mol. The number of anilines is 1. The molecule has 1 aromatic carbocycles. The lowest BCUT2D eigenvalue weighted by Gasteiger charge is -2.33. The van der Waals surface area contributed by atoms with Gasteiger partial charge in [-0.3, -0.25) is 9.10 Å². The molecule has 1 heterocycles. The van der Waals surface area contributed by atoms with Gasteiger partial charge in [0.2, 0.25) is 10.0 Å². The molecule has 1 amide bonds. The van der Waals surface area contributed by atoms with Crippen molar-refractivity contribution in [2.75, 3.05) is 23.1 Å². The topological polar surface area (TPSA) is 57.7 Å². The van der Waals surface area contributed by atoms with E-state index in [-0.39, 0.29) is 11.7 Å². The average Bonchev–Trinajstić information content (AvgIpc) is 2.96. The largest absolute Gasteiger partial charge is 0.336 e. The van der Waals surface area contributed by atoms with E-state index < -0.39 is 10.0 Å². The van der Waals surface area contributed by atoms with Crippen LogP contribution in [0.25, 0.3) is 0 Å². The molecule has 0 N–H and O–H groups in total. The second kappa shape index (κ2) is 7.13. The molecule has 6 heteroatoms. The van der Waals surface area contributed by atoms with Gasteiger partial charge in [0.1, 0.15) is 0 Å². The van der Waals surface area contributed by atoms with E-state index in [1.165, 1.54) is 23.6 Å². The zero-order valence-corrected chi connectivity index (χ0v) is 15.1. The predicted octanol–water partition coefficient (Wildman–Crippen LogP) is 3.02. The number of hydrogen-bond donors (Lipinski definition) is 0. The van der Waals surface area contributed by atoms with Crippen LogP contribution < -0.4 is 4.31 Å². The first-order chi connectivity index (χ1) is 11.5. The number of hydrogen-bond acceptors (Lipinski definition) is 3. The summed E-state index contributed by atoms with van der Waals surface area (Å²) in [6.45, 7) is 3.21. The van der Waals surface area contributed by atoms with E-state index in [2.05, 4.69) is 0 Å². The minimum absolute atomic E-state index is 0.0165. The van der Waals surface area contributed by atoms with Crippen molar-refractivity contribution in [2.45, 2.75) is 51.5 Å². The Labute approximate surface area is 144 Å². The first-order valence-electron chi connectivity index (χ1n) is 8.94. The van der Waals surface area contributed by atoms with E-state index in [4.69, 9.17) is 0 Å². The summed E-state index contributed by atoms with van der Waals surface area (Å²) in [5.41, 5.74) is 1.19. The highest BCUT2D eigenvalue weighted by atomic mass is 32.2. The van der Waals surface area contributed by atoms with Crippen LogP contribution in [-0.4, -0.2) is 44.1 Å². The molecule has 0 radical (unpaired) electrons. The van der Waals surface area contributed by atoms with E-state index in [9.17, 15) is 13.2 Å². The number of carbonyl (C=O) groups is 1. The molecule has 2 fully saturated rings. The summed E-state index contributed by atoms with van der Waals surface area (Å²) < 4.78 is 25.7. The Morgan fingerprint density at radius 3 is 2.58 bits per heavy atom. The fourth-order valence-corrected chi connectivity index (χ4v) is 5.41. The zero-order chi connectivity index (χ0) is 17.2. The third-order valence-electron chi connectivity index (χ3n) is 5.10. The smallest absolute Gasteiger partial charge is 0.254 e. The van der Waals surface area contributed by atoms with E-state index in [1.807, 2.05) is 11.8 Å². The normalized spacial score (nSPS) is 21.0. The number of rotatable bonds is 4. The van der Waals surface area contributed by atoms with Crippen LogP contribution in [0.2, 0.25) is 0 Å². The molecule has 2 aliphatic rings. The SMILES string of the molecule is CCN(C(=O)c1cccc(N2CCCS2(=O)=O)c1)C1CCCCC1. The van der Waals surface area contributed by atoms with Gasteiger partial charge < -0.3 is 4.90 Å². The Hall–Kier alpha value is -1.56. The molecule has 5 nitrogen and oxygen atoms in total. The lowest BCUT2D eigenvalue weighted by Crippen LogP contribution is -2.41. The van der Waals surface area contributed by atoms with Crippen molar-refractivity contribution in [1.82, 2.24) is 4.90 Å². The third kappa shape index (κ3) is 3.43. The molecule has 0 bridgehead atoms. The van der Waals surface area contributed by atoms with E-state index in [0.717, 1.165) is 12.8 Å². The van der Waals surface area contributed by atoms with Crippen LogP contribution in [-0.2, 0) is 10.0 Å². The van der Waals surface area contributed by atoms with Crippen molar-refractivity contribution >= 4 is 21.6 Å². The van der Waals surface area contributed by atoms with Crippen LogP contribution in [0, 0.1) is 0 Å². The number of benzene rings is 1. The highest BCUT2D eigenvalue weighted by Gasteiger charge is 2.30. The maximum Gasteiger partial charge on any atom is 0.254 e. The summed E-state index contributed by atoms with van der Waals surface area (Å²) in [5.74, 6) is 0.205. The van der Waals surface area contributed by atoms with Gasteiger partial charge in [0.05, 0.1) is 11.4 Å². The Morgan fingerprint density at radius 2 is 1.96 bits per heavy atom. The van der Waals surface area contributed by atoms with Crippen LogP contribution in [0.4, 0.5) is 5.69 Å². The second-order valence-electron chi connectivity index (χ2n) is 6.68. The van der Waals surface area contributed by atoms with Gasteiger partial charge in [0.25, 0.3) is 5.91 Å². The Balaban J connectivity index is 1.83. The summed E-state index contributed by atoms with van der Waals surface area (Å²) in [6, 6.07) is 7.40. The van der Waals surface area contributed by atoms with Gasteiger partial charge in [0, 0.05) is 24.7 Å². The minimum Gasteiger partial charge on any atom is -0.336 e. The number of amides is 1. The molecule has 1 saturated carbocycles. The van der Waals surface area contributed by atoms with Crippen LogP contribution >= 0.6 is 0 Å². The van der Waals surface area contributed by atoms with Crippen LogP contribution in [0.5, 0.6) is 0 Å². The molecule has 1 aromatic rings. The van der Waals surface area contributed by atoms with Gasteiger partial charge in [0.15, 0.2) is 0 Å². The van der Waals surface area contributed by atoms with Gasteiger partial charge in [-0.1, -0.05) is 25.3 Å². The third-order valence-corrected chi connectivity index (χ3v) is 6.97. The molecular weight excluding hydrogens is 324 g/mol. The monoisotopic (exact) mass is 350 g/mol. The van der Waals surface area contributed by atoms with E-state index in [0.29, 0.717) is 36.8 Å². The highest BCUT2D eigenvalue weighted by Crippen LogP contribution is 2.27. The lowest BCUT2D eigenvalue weighted by atomic mass is 9.93. The maximum atomic E-state index is 13.0. The van der Waals surface area contributed by atoms with Gasteiger partial charge >= 0.3 is 0 Å². The van der Waals surface area contributed by atoms with Crippen LogP contribution in [0.3, 0.4) is 0 Å². The predicted molar refractivity (Wildman–Crippen MR) is 95.8 cm³/mol. The number of carbonyl (C=O) groups excluding carboxylic acids is 1. The number of sulfonamides is 1. The Kier molecular flexibility index (Phi) is 5.13. The van der Waals surface area contributed by atoms with Crippen molar-refractivity contribution in [2.24, 2.45) is 0 Å². The zero-order valence-electron chi connectivity index (χ0n) is 14.3. The lowest BCUT2D eigenvalue weighted by molar-refractivity contribution is 0.0648. The summed E-state index contributed by atoms with van der Waals surface area (Å²) in [7, 11) is -3.22. The van der Waals surface area contributed by atoms with E-state index >= 15 is 0 Å². The standard InChI is InChI=1S/C18H26N2O3S/c1-2-19(16-9-4-3-5-10-16)18(21)15-8-6-11-17(14-15)20-12-7-13-24(20,22)23/h6,8,11,14,16H,2-5,7,9-10,12-13H2,1H3. The van der Waals surface area contributed by atoms with Crippen molar-refractivity contribution in [3.8, 4) is 0 Å². The molecule has 24 heavy (non-hydrogen) atoms. The number of nitrogens with zero attached hydrogens (tertiary/aromatic N) is 2. The molecule has 0 spiro atoms. The second-order valence-corrected chi connectivity index (χ2v) is 8.69. The highest BCUT2D eigenvalue weighted by molar-refractivity contribution is 7.93. The van der Waals surface area contributed by atoms with Crippen molar-refractivity contribution in [1.29, 1.82) is 0 Å². The molecule has 0 unspecified atom stereocenters. The summed E-state index contributed by atoms with van der Waals surface area (Å²) in [6.07, 6.45) is 6.40. The van der Waals surface area contributed by atoms with Gasteiger partial charge in [-0.05, 0) is 44.4 Å². The Bertz CT molecular complexity index is 696. The van der Waals surface area contributed by atoms with Gasteiger partial charge in [-0.25, -0.2) is 8.42 Å². The van der Waals surface area contributed by atoms with Crippen molar-refractivity contribution < 1.29 is 13.2 Å². The maximum absolute atomic E-state index is 13.0. The molecule has 3 rings (SSSR count). The fourth-order valence-electron chi connectivity index (χ4n) is 3.85. The fraction of sp³-hybridized carbons (Fsp3) is 0.611. The first kappa shape index (κ1) is 17.3. The van der Waals surface area contributed by atoms with Crippen LogP contribution in [0.1, 0.15) is 55.8 Å². The molecule has 1 aliphatic heterocycles. The molecule has 1 saturated heterocycles. The minimum atomic E-state index is -3.22. The van der Waals surface area contributed by atoms with Crippen LogP contribution in [0.15, 0.2) is 24.3 Å². The first-order valence-corrected chi connectivity index (χ1v) is 10.6. The van der Waals surface area contributed by atoms with Gasteiger partial charge in [-0.2, -0.15) is 0 Å². The molecular formula is C18H26N2O3S. The van der Waals surface area contributed by atoms with Crippen molar-refractivity contribution in [3.63, 3.8) is 0 Å². The molecule has 0 aromatic heterocycles.